The summed E-state index contributed by atoms with van der Waals surface area (Å²) in [7, 11) is 0. The average molecular weight is 88.1 g/mol. The van der Waals surface area contributed by atoms with Crippen LogP contribution in [0.15, 0.2) is 12.2 Å². The fourth-order valence-corrected chi connectivity index (χ4v) is 0.0630. The van der Waals surface area contributed by atoms with Crippen molar-refractivity contribution in [1.82, 2.24) is 0 Å². The second-order valence-electron chi connectivity index (χ2n) is 0.601. The first-order valence-corrected chi connectivity index (χ1v) is 1.24. The highest BCUT2D eigenvalue weighted by molar-refractivity contribution is 5.08. The summed E-state index contributed by atoms with van der Waals surface area (Å²) < 4.78 is 21.5. The monoisotopic (exact) mass is 88.0 g/mol. The first kappa shape index (κ1) is 5.16. The standard InChI is InChI=1S/C4H2F2/c1-2-3-4(5)6/h1,3H. The van der Waals surface area contributed by atoms with Gasteiger partial charge in [0.25, 0.3) is 6.08 Å². The highest BCUT2D eigenvalue weighted by atomic mass is 19.3. The van der Waals surface area contributed by atoms with Crippen molar-refractivity contribution in [2.45, 2.75) is 0 Å². The van der Waals surface area contributed by atoms with Crippen LogP contribution in [0.2, 0.25) is 0 Å². The topological polar surface area (TPSA) is 0 Å². The van der Waals surface area contributed by atoms with Gasteiger partial charge in [0.1, 0.15) is 0 Å². The second kappa shape index (κ2) is 2.40. The quantitative estimate of drug-likeness (QED) is 0.392. The normalized spacial score (nSPS) is 6.17. The molecule has 0 aromatic heterocycles. The van der Waals surface area contributed by atoms with Crippen LogP contribution in [0.25, 0.3) is 0 Å². The van der Waals surface area contributed by atoms with Gasteiger partial charge in [-0.15, -0.1) is 6.42 Å². The molecule has 0 radical (unpaired) electrons. The fraction of sp³-hybridized carbons (Fsp3) is 0. The SMILES string of the molecule is C#CC=C(F)F. The molecule has 0 amide bonds. The Morgan fingerprint density at radius 1 is 1.67 bits per heavy atom. The number of allylic oxidation sites excluding steroid dienone is 1. The van der Waals surface area contributed by atoms with E-state index in [9.17, 15) is 8.78 Å². The molecule has 0 aliphatic carbocycles. The summed E-state index contributed by atoms with van der Waals surface area (Å²) in [5, 5.41) is 0. The Labute approximate surface area is 34.5 Å². The van der Waals surface area contributed by atoms with Gasteiger partial charge in [-0.3, -0.25) is 0 Å². The number of terminal acetylenes is 1. The predicted octanol–water partition coefficient (Wildman–Crippen LogP) is 1.40. The molecule has 0 saturated heterocycles. The second-order valence-corrected chi connectivity index (χ2v) is 0.601. The lowest BCUT2D eigenvalue weighted by atomic mass is 10.7. The minimum atomic E-state index is -1.82. The van der Waals surface area contributed by atoms with E-state index in [1.54, 1.807) is 5.92 Å². The van der Waals surface area contributed by atoms with Crippen molar-refractivity contribution in [3.8, 4) is 12.3 Å². The molecular weight excluding hydrogens is 86.0 g/mol. The molecule has 0 unspecified atom stereocenters. The number of hydrogen-bond acceptors (Lipinski definition) is 0. The van der Waals surface area contributed by atoms with Crippen molar-refractivity contribution in [2.75, 3.05) is 0 Å². The van der Waals surface area contributed by atoms with Crippen LogP contribution < -0.4 is 0 Å². The van der Waals surface area contributed by atoms with Crippen molar-refractivity contribution in [3.05, 3.63) is 12.2 Å². The molecule has 0 aromatic carbocycles. The number of hydrogen-bond donors (Lipinski definition) is 0. The van der Waals surface area contributed by atoms with E-state index in [1.807, 2.05) is 0 Å². The molecule has 0 atom stereocenters. The predicted molar refractivity (Wildman–Crippen MR) is 19.1 cm³/mol. The van der Waals surface area contributed by atoms with E-state index in [4.69, 9.17) is 0 Å². The van der Waals surface area contributed by atoms with Gasteiger partial charge in [-0.05, 0) is 0 Å². The third kappa shape index (κ3) is 3.16. The van der Waals surface area contributed by atoms with Gasteiger partial charge >= 0.3 is 0 Å². The Hall–Kier alpha value is -0.840. The van der Waals surface area contributed by atoms with E-state index in [1.165, 1.54) is 0 Å². The summed E-state index contributed by atoms with van der Waals surface area (Å²) >= 11 is 0. The Kier molecular flexibility index (Phi) is 2.06. The smallest absolute Gasteiger partial charge is 0.173 e. The van der Waals surface area contributed by atoms with E-state index in [0.717, 1.165) is 0 Å². The van der Waals surface area contributed by atoms with Crippen LogP contribution in [0, 0.1) is 12.3 Å². The molecule has 0 fully saturated rings. The molecule has 0 bridgehead atoms. The first-order chi connectivity index (χ1) is 2.77. The van der Waals surface area contributed by atoms with Gasteiger partial charge in [0.05, 0.1) is 6.08 Å². The largest absolute Gasteiger partial charge is 0.278 e. The van der Waals surface area contributed by atoms with E-state index in [-0.39, 0.29) is 0 Å². The summed E-state index contributed by atoms with van der Waals surface area (Å²) in [5.74, 6) is 1.66. The van der Waals surface area contributed by atoms with Crippen molar-refractivity contribution < 1.29 is 8.78 Å². The van der Waals surface area contributed by atoms with Crippen LogP contribution in [0.3, 0.4) is 0 Å². The fourth-order valence-electron chi connectivity index (χ4n) is 0.0630. The van der Waals surface area contributed by atoms with Crippen LogP contribution in [0.1, 0.15) is 0 Å². The molecule has 32 valence electrons. The molecule has 0 N–H and O–H groups in total. The molecule has 0 aliphatic rings. The zero-order valence-corrected chi connectivity index (χ0v) is 2.91. The Morgan fingerprint density at radius 3 is 2.17 bits per heavy atom. The molecule has 0 heterocycles. The molecule has 0 aromatic rings. The van der Waals surface area contributed by atoms with Crippen molar-refractivity contribution in [2.24, 2.45) is 0 Å². The van der Waals surface area contributed by atoms with E-state index >= 15 is 0 Å². The molecule has 0 spiro atoms. The Bertz CT molecular complexity index is 92.6. The Balaban J connectivity index is 3.51. The summed E-state index contributed by atoms with van der Waals surface area (Å²) in [6.45, 7) is 0. The molecule has 0 aliphatic heterocycles. The third-order valence-corrected chi connectivity index (χ3v) is 0.192. The maximum absolute atomic E-state index is 10.8. The van der Waals surface area contributed by atoms with Crippen molar-refractivity contribution in [1.29, 1.82) is 0 Å². The van der Waals surface area contributed by atoms with Gasteiger partial charge in [-0.25, -0.2) is 0 Å². The zero-order valence-electron chi connectivity index (χ0n) is 2.91. The van der Waals surface area contributed by atoms with E-state index in [2.05, 4.69) is 6.42 Å². The van der Waals surface area contributed by atoms with Crippen molar-refractivity contribution >= 4 is 0 Å². The average Bonchev–Trinajstić information content (AvgIpc) is 1.35. The maximum atomic E-state index is 10.8. The zero-order chi connectivity index (χ0) is 4.99. The van der Waals surface area contributed by atoms with Crippen LogP contribution >= 0.6 is 0 Å². The van der Waals surface area contributed by atoms with Gasteiger partial charge in [0, 0.05) is 0 Å². The van der Waals surface area contributed by atoms with E-state index in [0.29, 0.717) is 6.08 Å². The molecular formula is C4H2F2. The van der Waals surface area contributed by atoms with Crippen LogP contribution in [0.4, 0.5) is 8.78 Å². The summed E-state index contributed by atoms with van der Waals surface area (Å²) in [5.41, 5.74) is 0. The van der Waals surface area contributed by atoms with Gasteiger partial charge in [0.15, 0.2) is 0 Å². The lowest BCUT2D eigenvalue weighted by Crippen LogP contribution is -1.48. The van der Waals surface area contributed by atoms with Crippen LogP contribution in [0.5, 0.6) is 0 Å². The van der Waals surface area contributed by atoms with Gasteiger partial charge < -0.3 is 0 Å². The highest BCUT2D eigenvalue weighted by Gasteiger charge is 1.76. The third-order valence-electron chi connectivity index (χ3n) is 0.192. The molecule has 0 rings (SSSR count). The maximum Gasteiger partial charge on any atom is 0.278 e. The van der Waals surface area contributed by atoms with Crippen molar-refractivity contribution in [3.63, 3.8) is 0 Å². The van der Waals surface area contributed by atoms with Gasteiger partial charge in [-0.1, -0.05) is 5.92 Å². The molecule has 0 nitrogen and oxygen atoms in total. The van der Waals surface area contributed by atoms with Crippen LogP contribution in [-0.4, -0.2) is 0 Å². The molecule has 0 saturated carbocycles. The Morgan fingerprint density at radius 2 is 2.17 bits per heavy atom. The molecule has 6 heavy (non-hydrogen) atoms. The first-order valence-electron chi connectivity index (χ1n) is 1.24. The minimum absolute atomic E-state index is 0.403. The number of halogens is 2. The highest BCUT2D eigenvalue weighted by Crippen LogP contribution is 1.92. The minimum Gasteiger partial charge on any atom is -0.173 e. The van der Waals surface area contributed by atoms with Gasteiger partial charge in [-0.2, -0.15) is 8.78 Å². The summed E-state index contributed by atoms with van der Waals surface area (Å²) in [6.07, 6.45) is 3.00. The number of rotatable bonds is 0. The van der Waals surface area contributed by atoms with Gasteiger partial charge in [0.2, 0.25) is 0 Å². The van der Waals surface area contributed by atoms with E-state index < -0.39 is 6.08 Å². The lowest BCUT2D eigenvalue weighted by molar-refractivity contribution is 0.422. The summed E-state index contributed by atoms with van der Waals surface area (Å²) in [6, 6.07) is 0. The molecule has 2 heteroatoms. The summed E-state index contributed by atoms with van der Waals surface area (Å²) in [4.78, 5) is 0. The lowest BCUT2D eigenvalue weighted by Gasteiger charge is -1.63. The van der Waals surface area contributed by atoms with Crippen LogP contribution in [-0.2, 0) is 0 Å².